The first-order chi connectivity index (χ1) is 11.5. The second kappa shape index (κ2) is 7.83. The van der Waals surface area contributed by atoms with Crippen molar-refractivity contribution in [2.75, 3.05) is 16.6 Å². The van der Waals surface area contributed by atoms with Crippen molar-refractivity contribution in [2.45, 2.75) is 25.2 Å². The minimum absolute atomic E-state index is 0.0858. The molecule has 0 saturated heterocycles. The van der Waals surface area contributed by atoms with Crippen LogP contribution in [0.15, 0.2) is 53.4 Å². The van der Waals surface area contributed by atoms with Crippen molar-refractivity contribution in [3.63, 3.8) is 0 Å². The Morgan fingerprint density at radius 1 is 1.04 bits per heavy atom. The third-order valence-corrected chi connectivity index (χ3v) is 4.75. The lowest BCUT2D eigenvalue weighted by molar-refractivity contribution is 0.252. The van der Waals surface area contributed by atoms with Gasteiger partial charge in [-0.3, -0.25) is 4.72 Å². The Balaban J connectivity index is 2.24. The molecule has 2 amide bonds. The van der Waals surface area contributed by atoms with Crippen molar-refractivity contribution in [1.82, 2.24) is 5.32 Å². The van der Waals surface area contributed by atoms with Crippen LogP contribution in [0.2, 0.25) is 0 Å². The SMILES string of the molecule is CCNC(=O)Nc1cccc(S(=O)(=O)Nc2ccccc2CC)c1. The number of rotatable bonds is 6. The first-order valence-corrected chi connectivity index (χ1v) is 9.20. The minimum Gasteiger partial charge on any atom is -0.338 e. The van der Waals surface area contributed by atoms with Crippen molar-refractivity contribution in [3.8, 4) is 0 Å². The van der Waals surface area contributed by atoms with Crippen molar-refractivity contribution >= 4 is 27.4 Å². The van der Waals surface area contributed by atoms with E-state index in [2.05, 4.69) is 15.4 Å². The number of carbonyl (C=O) groups excluding carboxylic acids is 1. The van der Waals surface area contributed by atoms with Gasteiger partial charge in [0.25, 0.3) is 10.0 Å². The van der Waals surface area contributed by atoms with E-state index in [1.807, 2.05) is 19.1 Å². The highest BCUT2D eigenvalue weighted by Crippen LogP contribution is 2.22. The number of nitrogens with one attached hydrogen (secondary N) is 3. The Kier molecular flexibility index (Phi) is 5.81. The lowest BCUT2D eigenvalue weighted by Gasteiger charge is -2.13. The van der Waals surface area contributed by atoms with Gasteiger partial charge in [-0.25, -0.2) is 13.2 Å². The van der Waals surface area contributed by atoms with Gasteiger partial charge in [0.2, 0.25) is 0 Å². The summed E-state index contributed by atoms with van der Waals surface area (Å²) in [4.78, 5) is 11.6. The van der Waals surface area contributed by atoms with Crippen LogP contribution in [0, 0.1) is 0 Å². The fraction of sp³-hybridized carbons (Fsp3) is 0.235. The third-order valence-electron chi connectivity index (χ3n) is 3.38. The van der Waals surface area contributed by atoms with E-state index in [4.69, 9.17) is 0 Å². The Bertz CT molecular complexity index is 819. The number of benzene rings is 2. The van der Waals surface area contributed by atoms with E-state index in [-0.39, 0.29) is 10.9 Å². The molecule has 6 nitrogen and oxygen atoms in total. The average molecular weight is 347 g/mol. The van der Waals surface area contributed by atoms with E-state index >= 15 is 0 Å². The molecule has 0 atom stereocenters. The van der Waals surface area contributed by atoms with Crippen molar-refractivity contribution < 1.29 is 13.2 Å². The maximum atomic E-state index is 12.6. The second-order valence-corrected chi connectivity index (χ2v) is 6.81. The lowest BCUT2D eigenvalue weighted by Crippen LogP contribution is -2.28. The van der Waals surface area contributed by atoms with Gasteiger partial charge in [0.1, 0.15) is 0 Å². The summed E-state index contributed by atoms with van der Waals surface area (Å²) in [6.07, 6.45) is 0.720. The van der Waals surface area contributed by atoms with Gasteiger partial charge < -0.3 is 10.6 Å². The molecule has 0 aliphatic heterocycles. The van der Waals surface area contributed by atoms with Crippen LogP contribution in [0.3, 0.4) is 0 Å². The Hall–Kier alpha value is -2.54. The molecule has 24 heavy (non-hydrogen) atoms. The molecule has 0 fully saturated rings. The molecule has 0 heterocycles. The summed E-state index contributed by atoms with van der Waals surface area (Å²) in [7, 11) is -3.74. The van der Waals surface area contributed by atoms with E-state index in [1.54, 1.807) is 31.2 Å². The van der Waals surface area contributed by atoms with Gasteiger partial charge in [-0.1, -0.05) is 31.2 Å². The highest BCUT2D eigenvalue weighted by atomic mass is 32.2. The molecule has 0 radical (unpaired) electrons. The third kappa shape index (κ3) is 4.48. The summed E-state index contributed by atoms with van der Waals surface area (Å²) in [5, 5.41) is 5.19. The summed E-state index contributed by atoms with van der Waals surface area (Å²) >= 11 is 0. The highest BCUT2D eigenvalue weighted by Gasteiger charge is 2.16. The molecule has 0 saturated carbocycles. The van der Waals surface area contributed by atoms with E-state index in [0.29, 0.717) is 17.9 Å². The average Bonchev–Trinajstić information content (AvgIpc) is 2.55. The molecule has 128 valence electrons. The monoisotopic (exact) mass is 347 g/mol. The predicted molar refractivity (Wildman–Crippen MR) is 95.8 cm³/mol. The number of para-hydroxylation sites is 1. The molecule has 0 aromatic heterocycles. The normalized spacial score (nSPS) is 10.9. The Morgan fingerprint density at radius 2 is 1.79 bits per heavy atom. The number of hydrogen-bond acceptors (Lipinski definition) is 3. The van der Waals surface area contributed by atoms with Gasteiger partial charge >= 0.3 is 6.03 Å². The first kappa shape index (κ1) is 17.8. The van der Waals surface area contributed by atoms with Crippen LogP contribution >= 0.6 is 0 Å². The van der Waals surface area contributed by atoms with Crippen molar-refractivity contribution in [1.29, 1.82) is 0 Å². The van der Waals surface area contributed by atoms with E-state index in [9.17, 15) is 13.2 Å². The van der Waals surface area contributed by atoms with Crippen LogP contribution in [-0.4, -0.2) is 21.0 Å². The summed E-state index contributed by atoms with van der Waals surface area (Å²) in [6.45, 7) is 4.25. The number of carbonyl (C=O) groups is 1. The Morgan fingerprint density at radius 3 is 2.50 bits per heavy atom. The van der Waals surface area contributed by atoms with Crippen molar-refractivity contribution in [2.24, 2.45) is 0 Å². The molecule has 2 rings (SSSR count). The number of hydrogen-bond donors (Lipinski definition) is 3. The molecular weight excluding hydrogens is 326 g/mol. The Labute approximate surface area is 142 Å². The molecule has 0 bridgehead atoms. The number of sulfonamides is 1. The van der Waals surface area contributed by atoms with Crippen LogP contribution in [0.25, 0.3) is 0 Å². The predicted octanol–water partition coefficient (Wildman–Crippen LogP) is 3.19. The van der Waals surface area contributed by atoms with Gasteiger partial charge in [0.15, 0.2) is 0 Å². The van der Waals surface area contributed by atoms with E-state index in [1.165, 1.54) is 12.1 Å². The van der Waals surface area contributed by atoms with E-state index < -0.39 is 10.0 Å². The van der Waals surface area contributed by atoms with Crippen LogP contribution in [0.5, 0.6) is 0 Å². The van der Waals surface area contributed by atoms with Gasteiger partial charge in [0, 0.05) is 12.2 Å². The fourth-order valence-electron chi connectivity index (χ4n) is 2.21. The first-order valence-electron chi connectivity index (χ1n) is 7.72. The lowest BCUT2D eigenvalue weighted by atomic mass is 10.1. The number of anilines is 2. The molecule has 3 N–H and O–H groups in total. The highest BCUT2D eigenvalue weighted by molar-refractivity contribution is 7.92. The quantitative estimate of drug-likeness (QED) is 0.750. The molecule has 0 unspecified atom stereocenters. The standard InChI is InChI=1S/C17H21N3O3S/c1-3-13-8-5-6-11-16(13)20-24(22,23)15-10-7-9-14(12-15)19-17(21)18-4-2/h5-12,20H,3-4H2,1-2H3,(H2,18,19,21). The summed E-state index contributed by atoms with van der Waals surface area (Å²) in [5.74, 6) is 0. The van der Waals surface area contributed by atoms with Crippen LogP contribution in [0.4, 0.5) is 16.2 Å². The van der Waals surface area contributed by atoms with Gasteiger partial charge in [0.05, 0.1) is 10.6 Å². The van der Waals surface area contributed by atoms with Gasteiger partial charge in [-0.05, 0) is 43.2 Å². The van der Waals surface area contributed by atoms with E-state index in [0.717, 1.165) is 12.0 Å². The van der Waals surface area contributed by atoms with Crippen molar-refractivity contribution in [3.05, 3.63) is 54.1 Å². The summed E-state index contributed by atoms with van der Waals surface area (Å²) in [5.41, 5.74) is 1.88. The molecule has 0 aliphatic rings. The largest absolute Gasteiger partial charge is 0.338 e. The summed E-state index contributed by atoms with van der Waals surface area (Å²) in [6, 6.07) is 13.0. The maximum absolute atomic E-state index is 12.6. The van der Waals surface area contributed by atoms with Gasteiger partial charge in [-0.2, -0.15) is 0 Å². The molecule has 0 aliphatic carbocycles. The molecule has 2 aromatic carbocycles. The zero-order valence-electron chi connectivity index (χ0n) is 13.7. The number of urea groups is 1. The summed E-state index contributed by atoms with van der Waals surface area (Å²) < 4.78 is 27.8. The maximum Gasteiger partial charge on any atom is 0.319 e. The van der Waals surface area contributed by atoms with Gasteiger partial charge in [-0.15, -0.1) is 0 Å². The zero-order chi connectivity index (χ0) is 17.6. The topological polar surface area (TPSA) is 87.3 Å². The van der Waals surface area contributed by atoms with Crippen LogP contribution < -0.4 is 15.4 Å². The fourth-order valence-corrected chi connectivity index (χ4v) is 3.36. The molecule has 0 spiro atoms. The number of amides is 2. The van der Waals surface area contributed by atoms with Crippen LogP contribution in [-0.2, 0) is 16.4 Å². The zero-order valence-corrected chi connectivity index (χ0v) is 14.5. The molecule has 7 heteroatoms. The van der Waals surface area contributed by atoms with Crippen LogP contribution in [0.1, 0.15) is 19.4 Å². The molecular formula is C17H21N3O3S. The molecule has 2 aromatic rings. The minimum atomic E-state index is -3.74. The number of aryl methyl sites for hydroxylation is 1. The second-order valence-electron chi connectivity index (χ2n) is 5.13. The smallest absolute Gasteiger partial charge is 0.319 e.